The highest BCUT2D eigenvalue weighted by Crippen LogP contribution is 2.32. The molecule has 1 saturated heterocycles. The minimum absolute atomic E-state index is 0.137. The van der Waals surface area contributed by atoms with Gasteiger partial charge in [0, 0.05) is 44.2 Å². The first-order valence-corrected chi connectivity index (χ1v) is 15.8. The number of ether oxygens (including phenoxy) is 1. The standard InChI is InChI=1S/C38H43N3O3/c1-2-44-26-12-23-39-37(42)34-28-33(40-38(43)36(31-15-8-4-9-16-31)32-17-10-5-11-18-32)19-20-35(34)41-24-21-30(22-25-41)27-29-13-6-3-7-14-29/h3-11,13-20,28,30,36H,2,12,21-27H2,1H3,(H,39,42)(H,40,43). The summed E-state index contributed by atoms with van der Waals surface area (Å²) >= 11 is 0. The summed E-state index contributed by atoms with van der Waals surface area (Å²) in [6.45, 7) is 5.53. The third-order valence-corrected chi connectivity index (χ3v) is 8.31. The average Bonchev–Trinajstić information content (AvgIpc) is 3.06. The number of benzene rings is 4. The van der Waals surface area contributed by atoms with Gasteiger partial charge in [0.15, 0.2) is 0 Å². The van der Waals surface area contributed by atoms with Crippen molar-refractivity contribution in [2.45, 2.75) is 38.5 Å². The zero-order valence-corrected chi connectivity index (χ0v) is 25.6. The molecule has 6 heteroatoms. The van der Waals surface area contributed by atoms with E-state index in [1.165, 1.54) is 5.56 Å². The molecule has 1 aliphatic rings. The number of carbonyl (C=O) groups is 2. The summed E-state index contributed by atoms with van der Waals surface area (Å²) in [5, 5.41) is 6.20. The summed E-state index contributed by atoms with van der Waals surface area (Å²) in [6.07, 6.45) is 3.96. The number of hydrogen-bond acceptors (Lipinski definition) is 4. The van der Waals surface area contributed by atoms with Crippen molar-refractivity contribution >= 4 is 23.2 Å². The molecule has 0 unspecified atom stereocenters. The Morgan fingerprint density at radius 3 is 2.07 bits per heavy atom. The molecule has 0 saturated carbocycles. The van der Waals surface area contributed by atoms with Gasteiger partial charge in [0.1, 0.15) is 0 Å². The first kappa shape index (κ1) is 31.0. The Morgan fingerprint density at radius 2 is 1.45 bits per heavy atom. The number of carbonyl (C=O) groups excluding carboxylic acids is 2. The van der Waals surface area contributed by atoms with E-state index in [2.05, 4.69) is 45.9 Å². The summed E-state index contributed by atoms with van der Waals surface area (Å²) in [4.78, 5) is 29.7. The molecular formula is C38H43N3O3. The number of nitrogens with zero attached hydrogens (tertiary/aromatic N) is 1. The highest BCUT2D eigenvalue weighted by molar-refractivity contribution is 6.03. The van der Waals surface area contributed by atoms with E-state index in [1.807, 2.05) is 85.8 Å². The Labute approximate surface area is 261 Å². The third-order valence-electron chi connectivity index (χ3n) is 8.31. The van der Waals surface area contributed by atoms with Gasteiger partial charge >= 0.3 is 0 Å². The molecule has 0 aromatic heterocycles. The van der Waals surface area contributed by atoms with E-state index >= 15 is 0 Å². The lowest BCUT2D eigenvalue weighted by atomic mass is 9.89. The second kappa shape index (κ2) is 15.9. The lowest BCUT2D eigenvalue weighted by Gasteiger charge is -2.35. The average molecular weight is 590 g/mol. The molecule has 44 heavy (non-hydrogen) atoms. The number of anilines is 2. The minimum Gasteiger partial charge on any atom is -0.382 e. The van der Waals surface area contributed by atoms with Crippen LogP contribution in [0.3, 0.4) is 0 Å². The highest BCUT2D eigenvalue weighted by Gasteiger charge is 2.26. The summed E-state index contributed by atoms with van der Waals surface area (Å²) < 4.78 is 5.44. The van der Waals surface area contributed by atoms with Crippen molar-refractivity contribution in [2.24, 2.45) is 5.92 Å². The van der Waals surface area contributed by atoms with Gasteiger partial charge in [-0.3, -0.25) is 9.59 Å². The Morgan fingerprint density at radius 1 is 0.841 bits per heavy atom. The van der Waals surface area contributed by atoms with Crippen molar-refractivity contribution in [1.29, 1.82) is 0 Å². The van der Waals surface area contributed by atoms with E-state index in [4.69, 9.17) is 4.74 Å². The van der Waals surface area contributed by atoms with E-state index in [0.29, 0.717) is 36.9 Å². The molecule has 4 aromatic rings. The molecule has 0 radical (unpaired) electrons. The van der Waals surface area contributed by atoms with Crippen molar-refractivity contribution in [3.05, 3.63) is 131 Å². The van der Waals surface area contributed by atoms with Crippen molar-refractivity contribution in [3.63, 3.8) is 0 Å². The number of hydrogen-bond donors (Lipinski definition) is 2. The summed E-state index contributed by atoms with van der Waals surface area (Å²) in [5.41, 5.74) is 5.30. The largest absolute Gasteiger partial charge is 0.382 e. The van der Waals surface area contributed by atoms with E-state index in [0.717, 1.165) is 55.6 Å². The Balaban J connectivity index is 1.34. The monoisotopic (exact) mass is 589 g/mol. The van der Waals surface area contributed by atoms with Gasteiger partial charge in [0.05, 0.1) is 11.5 Å². The van der Waals surface area contributed by atoms with Crippen molar-refractivity contribution in [3.8, 4) is 0 Å². The molecule has 0 spiro atoms. The van der Waals surface area contributed by atoms with Crippen molar-refractivity contribution in [2.75, 3.05) is 43.1 Å². The molecule has 1 heterocycles. The first-order chi connectivity index (χ1) is 21.6. The van der Waals surface area contributed by atoms with Gasteiger partial charge in [0.25, 0.3) is 5.91 Å². The lowest BCUT2D eigenvalue weighted by Crippen LogP contribution is -2.36. The summed E-state index contributed by atoms with van der Waals surface area (Å²) in [6, 6.07) is 36.0. The maximum absolute atomic E-state index is 13.8. The molecule has 2 amide bonds. The number of piperidine rings is 1. The number of nitrogens with one attached hydrogen (secondary N) is 2. The van der Waals surface area contributed by atoms with Gasteiger partial charge in [-0.15, -0.1) is 0 Å². The van der Waals surface area contributed by atoms with E-state index in [1.54, 1.807) is 0 Å². The van der Waals surface area contributed by atoms with E-state index < -0.39 is 5.92 Å². The third kappa shape index (κ3) is 8.35. The molecule has 6 nitrogen and oxygen atoms in total. The van der Waals surface area contributed by atoms with Crippen LogP contribution in [0.25, 0.3) is 0 Å². The molecule has 0 bridgehead atoms. The normalized spacial score (nSPS) is 13.5. The molecule has 0 aliphatic carbocycles. The fourth-order valence-electron chi connectivity index (χ4n) is 6.01. The molecule has 5 rings (SSSR count). The predicted octanol–water partition coefficient (Wildman–Crippen LogP) is 7.07. The Kier molecular flexibility index (Phi) is 11.2. The van der Waals surface area contributed by atoms with Crippen LogP contribution in [0.2, 0.25) is 0 Å². The maximum atomic E-state index is 13.8. The molecule has 228 valence electrons. The highest BCUT2D eigenvalue weighted by atomic mass is 16.5. The molecule has 2 N–H and O–H groups in total. The minimum atomic E-state index is -0.475. The number of amides is 2. The maximum Gasteiger partial charge on any atom is 0.253 e. The molecular weight excluding hydrogens is 546 g/mol. The molecule has 1 fully saturated rings. The second-order valence-electron chi connectivity index (χ2n) is 11.4. The van der Waals surface area contributed by atoms with Gasteiger partial charge in [-0.05, 0) is 73.4 Å². The lowest BCUT2D eigenvalue weighted by molar-refractivity contribution is -0.116. The van der Waals surface area contributed by atoms with Crippen LogP contribution < -0.4 is 15.5 Å². The zero-order valence-electron chi connectivity index (χ0n) is 25.6. The fourth-order valence-corrected chi connectivity index (χ4v) is 6.01. The van der Waals surface area contributed by atoms with Crippen LogP contribution in [-0.2, 0) is 16.0 Å². The Bertz CT molecular complexity index is 1430. The van der Waals surface area contributed by atoms with Crippen molar-refractivity contribution < 1.29 is 14.3 Å². The van der Waals surface area contributed by atoms with Crippen LogP contribution in [0.15, 0.2) is 109 Å². The van der Waals surface area contributed by atoms with Gasteiger partial charge in [-0.25, -0.2) is 0 Å². The van der Waals surface area contributed by atoms with E-state index in [9.17, 15) is 9.59 Å². The predicted molar refractivity (Wildman–Crippen MR) is 178 cm³/mol. The fraction of sp³-hybridized carbons (Fsp3) is 0.316. The van der Waals surface area contributed by atoms with Gasteiger partial charge < -0.3 is 20.3 Å². The topological polar surface area (TPSA) is 70.7 Å². The van der Waals surface area contributed by atoms with Gasteiger partial charge in [0.2, 0.25) is 5.91 Å². The second-order valence-corrected chi connectivity index (χ2v) is 11.4. The SMILES string of the molecule is CCOCCCNC(=O)c1cc(NC(=O)C(c2ccccc2)c2ccccc2)ccc1N1CCC(Cc2ccccc2)CC1. The quantitative estimate of drug-likeness (QED) is 0.164. The van der Waals surface area contributed by atoms with E-state index in [-0.39, 0.29) is 11.8 Å². The summed E-state index contributed by atoms with van der Waals surface area (Å²) in [5.74, 6) is -0.130. The van der Waals surface area contributed by atoms with Gasteiger partial charge in [-0.2, -0.15) is 0 Å². The van der Waals surface area contributed by atoms with Crippen LogP contribution in [0.5, 0.6) is 0 Å². The smallest absolute Gasteiger partial charge is 0.253 e. The Hall–Kier alpha value is -4.42. The number of rotatable bonds is 13. The van der Waals surface area contributed by atoms with Gasteiger partial charge in [-0.1, -0.05) is 91.0 Å². The first-order valence-electron chi connectivity index (χ1n) is 15.8. The van der Waals surface area contributed by atoms with Crippen LogP contribution in [-0.4, -0.2) is 44.7 Å². The summed E-state index contributed by atoms with van der Waals surface area (Å²) in [7, 11) is 0. The molecule has 4 aromatic carbocycles. The van der Waals surface area contributed by atoms with Crippen LogP contribution in [0, 0.1) is 5.92 Å². The molecule has 0 atom stereocenters. The zero-order chi connectivity index (χ0) is 30.6. The van der Waals surface area contributed by atoms with Crippen LogP contribution in [0.1, 0.15) is 59.2 Å². The van der Waals surface area contributed by atoms with Crippen molar-refractivity contribution in [1.82, 2.24) is 5.32 Å². The van der Waals surface area contributed by atoms with Crippen LogP contribution in [0.4, 0.5) is 11.4 Å². The molecule has 1 aliphatic heterocycles. The van der Waals surface area contributed by atoms with Crippen LogP contribution >= 0.6 is 0 Å².